The Bertz CT molecular complexity index is 828. The van der Waals surface area contributed by atoms with Crippen LogP contribution < -0.4 is 10.2 Å². The normalized spacial score (nSPS) is 18.5. The van der Waals surface area contributed by atoms with Crippen LogP contribution in [0.15, 0.2) is 45.9 Å². The molecule has 1 unspecified atom stereocenters. The second-order valence-electron chi connectivity index (χ2n) is 6.03. The van der Waals surface area contributed by atoms with Crippen LogP contribution in [0.3, 0.4) is 0 Å². The number of benzene rings is 2. The summed E-state index contributed by atoms with van der Waals surface area (Å²) < 4.78 is 1.04. The van der Waals surface area contributed by atoms with Crippen LogP contribution in [0, 0.1) is 0 Å². The van der Waals surface area contributed by atoms with Gasteiger partial charge in [0.15, 0.2) is 0 Å². The summed E-state index contributed by atoms with van der Waals surface area (Å²) in [7, 11) is 0. The van der Waals surface area contributed by atoms with Crippen LogP contribution in [0.1, 0.15) is 11.1 Å². The predicted molar refractivity (Wildman–Crippen MR) is 120 cm³/mol. The minimum atomic E-state index is 0. The zero-order valence-electron chi connectivity index (χ0n) is 13.7. The molecule has 1 fully saturated rings. The number of nitrogens with one attached hydrogen (secondary N) is 1. The summed E-state index contributed by atoms with van der Waals surface area (Å²) in [5.41, 5.74) is 4.33. The number of aliphatic imine (C=N–C) groups is 1. The molecule has 2 aliphatic heterocycles. The molecule has 1 atom stereocenters. The van der Waals surface area contributed by atoms with Crippen LogP contribution >= 0.6 is 63.9 Å². The molecule has 3 nitrogen and oxygen atoms in total. The summed E-state index contributed by atoms with van der Waals surface area (Å²) in [6, 6.07) is 12.5. The number of nitrogens with zero attached hydrogens (tertiary/aromatic N) is 2. The topological polar surface area (TPSA) is 27.6 Å². The Hall–Kier alpha value is -0.490. The fourth-order valence-corrected chi connectivity index (χ4v) is 4.02. The standard InChI is InChI=1S/C18H16BrCl2N3.2ClH/c19-12-2-4-17-14(8-12)18(11-1-3-15(20)16(21)7-11)23-10-13-9-22-5-6-24(13)17;;/h1-4,7-8,13,22H,5-6,9-10H2;2*1H. The van der Waals surface area contributed by atoms with E-state index in [0.29, 0.717) is 16.1 Å². The molecular formula is C18H18BrCl4N3. The van der Waals surface area contributed by atoms with Gasteiger partial charge in [-0.25, -0.2) is 0 Å². The zero-order valence-corrected chi connectivity index (χ0v) is 18.4. The van der Waals surface area contributed by atoms with Gasteiger partial charge >= 0.3 is 0 Å². The van der Waals surface area contributed by atoms with Gasteiger partial charge in [0.2, 0.25) is 0 Å². The van der Waals surface area contributed by atoms with Gasteiger partial charge in [0.1, 0.15) is 0 Å². The highest BCUT2D eigenvalue weighted by molar-refractivity contribution is 9.10. The Morgan fingerprint density at radius 3 is 2.65 bits per heavy atom. The summed E-state index contributed by atoms with van der Waals surface area (Å²) in [5.74, 6) is 0. The van der Waals surface area contributed by atoms with Crippen molar-refractivity contribution in [1.29, 1.82) is 0 Å². The summed E-state index contributed by atoms with van der Waals surface area (Å²) in [6.07, 6.45) is 0. The molecule has 8 heteroatoms. The van der Waals surface area contributed by atoms with Crippen molar-refractivity contribution in [2.45, 2.75) is 6.04 Å². The van der Waals surface area contributed by atoms with Crippen molar-refractivity contribution < 1.29 is 0 Å². The van der Waals surface area contributed by atoms with E-state index in [1.807, 2.05) is 18.2 Å². The van der Waals surface area contributed by atoms with Gasteiger partial charge in [0.25, 0.3) is 0 Å². The molecule has 2 aromatic carbocycles. The van der Waals surface area contributed by atoms with Crippen LogP contribution in [-0.4, -0.2) is 37.9 Å². The van der Waals surface area contributed by atoms with Gasteiger partial charge in [0.05, 0.1) is 28.3 Å². The second kappa shape index (κ2) is 9.13. The third-order valence-electron chi connectivity index (χ3n) is 4.53. The Morgan fingerprint density at radius 2 is 1.88 bits per heavy atom. The largest absolute Gasteiger partial charge is 0.364 e. The van der Waals surface area contributed by atoms with Crippen molar-refractivity contribution in [3.05, 3.63) is 62.0 Å². The maximum atomic E-state index is 6.24. The number of hydrogen-bond acceptors (Lipinski definition) is 3. The van der Waals surface area contributed by atoms with E-state index in [-0.39, 0.29) is 24.8 Å². The molecule has 2 aliphatic rings. The van der Waals surface area contributed by atoms with E-state index in [1.165, 1.54) is 5.69 Å². The first-order chi connectivity index (χ1) is 11.6. The highest BCUT2D eigenvalue weighted by Crippen LogP contribution is 2.33. The molecule has 4 rings (SSSR count). The van der Waals surface area contributed by atoms with E-state index in [1.54, 1.807) is 0 Å². The van der Waals surface area contributed by atoms with Crippen LogP contribution in [0.4, 0.5) is 5.69 Å². The molecule has 1 N–H and O–H groups in total. The number of hydrogen-bond donors (Lipinski definition) is 1. The summed E-state index contributed by atoms with van der Waals surface area (Å²) >= 11 is 15.9. The number of anilines is 1. The molecule has 0 saturated carbocycles. The third-order valence-corrected chi connectivity index (χ3v) is 5.76. The van der Waals surface area contributed by atoms with E-state index in [9.17, 15) is 0 Å². The van der Waals surface area contributed by atoms with Crippen molar-refractivity contribution in [2.24, 2.45) is 4.99 Å². The van der Waals surface area contributed by atoms with Crippen molar-refractivity contribution in [3.63, 3.8) is 0 Å². The highest BCUT2D eigenvalue weighted by Gasteiger charge is 2.28. The lowest BCUT2D eigenvalue weighted by Crippen LogP contribution is -2.52. The maximum Gasteiger partial charge on any atom is 0.0741 e. The quantitative estimate of drug-likeness (QED) is 0.584. The van der Waals surface area contributed by atoms with Gasteiger partial charge in [-0.1, -0.05) is 45.2 Å². The van der Waals surface area contributed by atoms with E-state index < -0.39 is 0 Å². The smallest absolute Gasteiger partial charge is 0.0741 e. The van der Waals surface area contributed by atoms with Crippen LogP contribution in [-0.2, 0) is 0 Å². The Morgan fingerprint density at radius 1 is 1.08 bits per heavy atom. The molecule has 26 heavy (non-hydrogen) atoms. The van der Waals surface area contributed by atoms with Crippen molar-refractivity contribution in [2.75, 3.05) is 31.1 Å². The second-order valence-corrected chi connectivity index (χ2v) is 7.76. The number of rotatable bonds is 1. The predicted octanol–water partition coefficient (Wildman–Crippen LogP) is 5.23. The van der Waals surface area contributed by atoms with Crippen LogP contribution in [0.5, 0.6) is 0 Å². The summed E-state index contributed by atoms with van der Waals surface area (Å²) in [6.45, 7) is 3.69. The molecule has 0 spiro atoms. The maximum absolute atomic E-state index is 6.24. The molecule has 0 bridgehead atoms. The molecule has 0 radical (unpaired) electrons. The molecule has 1 saturated heterocycles. The van der Waals surface area contributed by atoms with Crippen molar-refractivity contribution in [3.8, 4) is 0 Å². The minimum Gasteiger partial charge on any atom is -0.364 e. The van der Waals surface area contributed by atoms with Gasteiger partial charge in [-0.3, -0.25) is 4.99 Å². The molecular weight excluding hydrogens is 480 g/mol. The molecule has 2 aromatic rings. The Kier molecular flexibility index (Phi) is 7.66. The van der Waals surface area contributed by atoms with Gasteiger partial charge in [-0.05, 0) is 30.3 Å². The summed E-state index contributed by atoms with van der Waals surface area (Å²) in [5, 5.41) is 4.58. The van der Waals surface area contributed by atoms with Gasteiger partial charge in [-0.15, -0.1) is 24.8 Å². The van der Waals surface area contributed by atoms with E-state index >= 15 is 0 Å². The van der Waals surface area contributed by atoms with Gasteiger partial charge in [-0.2, -0.15) is 0 Å². The van der Waals surface area contributed by atoms with E-state index in [2.05, 4.69) is 44.3 Å². The molecule has 140 valence electrons. The highest BCUT2D eigenvalue weighted by atomic mass is 79.9. The van der Waals surface area contributed by atoms with E-state index in [4.69, 9.17) is 28.2 Å². The first-order valence-electron chi connectivity index (χ1n) is 7.90. The Labute approximate surface area is 184 Å². The number of halogens is 5. The molecule has 0 aromatic heterocycles. The van der Waals surface area contributed by atoms with E-state index in [0.717, 1.165) is 47.5 Å². The average Bonchev–Trinajstić information content (AvgIpc) is 2.74. The zero-order chi connectivity index (χ0) is 16.7. The Balaban J connectivity index is 0.00000121. The lowest BCUT2D eigenvalue weighted by atomic mass is 10.00. The third kappa shape index (κ3) is 4.16. The lowest BCUT2D eigenvalue weighted by Gasteiger charge is -2.37. The SMILES string of the molecule is Cl.Cl.Clc1ccc(C2=NCC3CNCCN3c3ccc(Br)cc32)cc1Cl. The average molecular weight is 498 g/mol. The fraction of sp³-hybridized carbons (Fsp3) is 0.278. The first kappa shape index (κ1) is 21.8. The molecule has 2 heterocycles. The van der Waals surface area contributed by atoms with Gasteiger partial charge in [0, 0.05) is 40.9 Å². The monoisotopic (exact) mass is 495 g/mol. The molecule has 0 amide bonds. The van der Waals surface area contributed by atoms with Gasteiger partial charge < -0.3 is 10.2 Å². The fourth-order valence-electron chi connectivity index (χ4n) is 3.36. The lowest BCUT2D eigenvalue weighted by molar-refractivity contribution is 0.484. The van der Waals surface area contributed by atoms with Crippen LogP contribution in [0.2, 0.25) is 10.0 Å². The summed E-state index contributed by atoms with van der Waals surface area (Å²) in [4.78, 5) is 7.41. The first-order valence-corrected chi connectivity index (χ1v) is 9.45. The molecule has 0 aliphatic carbocycles. The number of piperazine rings is 1. The van der Waals surface area contributed by atoms with Crippen LogP contribution in [0.25, 0.3) is 0 Å². The van der Waals surface area contributed by atoms with Crippen molar-refractivity contribution in [1.82, 2.24) is 5.32 Å². The number of fused-ring (bicyclic) bond motifs is 3. The minimum absolute atomic E-state index is 0. The van der Waals surface area contributed by atoms with Crippen molar-refractivity contribution >= 4 is 75.3 Å².